The number of hydrogen-bond donors (Lipinski definition) is 2. The van der Waals surface area contributed by atoms with Crippen LogP contribution in [0.5, 0.6) is 0 Å². The van der Waals surface area contributed by atoms with Gasteiger partial charge in [-0.25, -0.2) is 0 Å². The Labute approximate surface area is 125 Å². The van der Waals surface area contributed by atoms with Gasteiger partial charge in [-0.05, 0) is 46.3 Å². The molecule has 98 valence electrons. The van der Waals surface area contributed by atoms with Crippen molar-refractivity contribution in [2.75, 3.05) is 17.7 Å². The number of hydrogen-bond acceptors (Lipinski definition) is 2. The second kappa shape index (κ2) is 6.08. The summed E-state index contributed by atoms with van der Waals surface area (Å²) < 4.78 is 0.830. The lowest BCUT2D eigenvalue weighted by molar-refractivity contribution is 0.102. The third kappa shape index (κ3) is 3.28. The first-order valence-electron chi connectivity index (χ1n) is 5.65. The number of rotatable bonds is 3. The molecule has 0 spiro atoms. The lowest BCUT2D eigenvalue weighted by Gasteiger charge is -2.11. The summed E-state index contributed by atoms with van der Waals surface area (Å²) in [6, 6.07) is 12.6. The summed E-state index contributed by atoms with van der Waals surface area (Å²) in [7, 11) is 1.76. The highest BCUT2D eigenvalue weighted by Gasteiger charge is 2.12. The van der Waals surface area contributed by atoms with E-state index in [2.05, 4.69) is 26.6 Å². The fraction of sp³-hybridized carbons (Fsp3) is 0.0714. The Kier molecular flexibility index (Phi) is 4.45. The first-order valence-corrected chi connectivity index (χ1v) is 6.82. The lowest BCUT2D eigenvalue weighted by atomic mass is 10.1. The molecule has 0 heterocycles. The van der Waals surface area contributed by atoms with Crippen LogP contribution in [0.25, 0.3) is 0 Å². The maximum atomic E-state index is 12.3. The molecule has 2 rings (SSSR count). The summed E-state index contributed by atoms with van der Waals surface area (Å²) in [6.07, 6.45) is 0. The molecular formula is C14H12BrClN2O. The first-order chi connectivity index (χ1) is 9.11. The van der Waals surface area contributed by atoms with Crippen LogP contribution in [-0.2, 0) is 0 Å². The normalized spacial score (nSPS) is 10.1. The van der Waals surface area contributed by atoms with Gasteiger partial charge in [-0.2, -0.15) is 0 Å². The van der Waals surface area contributed by atoms with E-state index >= 15 is 0 Å². The molecule has 0 aromatic heterocycles. The fourth-order valence-electron chi connectivity index (χ4n) is 1.67. The van der Waals surface area contributed by atoms with Crippen LogP contribution >= 0.6 is 27.5 Å². The SMILES string of the molecule is CNc1ccc(Cl)cc1C(=O)Nc1ccccc1Br. The minimum atomic E-state index is -0.209. The topological polar surface area (TPSA) is 41.1 Å². The van der Waals surface area contributed by atoms with E-state index in [9.17, 15) is 4.79 Å². The number of anilines is 2. The monoisotopic (exact) mass is 338 g/mol. The molecule has 1 amide bonds. The molecule has 2 aromatic carbocycles. The van der Waals surface area contributed by atoms with Gasteiger partial charge in [-0.15, -0.1) is 0 Å². The molecule has 5 heteroatoms. The van der Waals surface area contributed by atoms with Crippen LogP contribution in [0, 0.1) is 0 Å². The molecular weight excluding hydrogens is 328 g/mol. The van der Waals surface area contributed by atoms with E-state index in [4.69, 9.17) is 11.6 Å². The molecule has 0 fully saturated rings. The van der Waals surface area contributed by atoms with Gasteiger partial charge in [-0.3, -0.25) is 4.79 Å². The molecule has 2 aromatic rings. The van der Waals surface area contributed by atoms with Crippen molar-refractivity contribution in [3.8, 4) is 0 Å². The van der Waals surface area contributed by atoms with Crippen molar-refractivity contribution >= 4 is 44.8 Å². The maximum Gasteiger partial charge on any atom is 0.257 e. The second-order valence-electron chi connectivity index (χ2n) is 3.87. The Morgan fingerprint density at radius 2 is 1.89 bits per heavy atom. The molecule has 0 aliphatic heterocycles. The number of amides is 1. The van der Waals surface area contributed by atoms with E-state index in [0.29, 0.717) is 10.6 Å². The summed E-state index contributed by atoms with van der Waals surface area (Å²) in [6.45, 7) is 0. The molecule has 0 saturated heterocycles. The summed E-state index contributed by atoms with van der Waals surface area (Å²) >= 11 is 9.33. The van der Waals surface area contributed by atoms with Crippen molar-refractivity contribution < 1.29 is 4.79 Å². The molecule has 0 aliphatic carbocycles. The first kappa shape index (κ1) is 13.9. The third-order valence-corrected chi connectivity index (χ3v) is 3.54. The number of carbonyl (C=O) groups is 1. The molecule has 0 saturated carbocycles. The number of halogens is 2. The van der Waals surface area contributed by atoms with Crippen LogP contribution in [-0.4, -0.2) is 13.0 Å². The zero-order valence-electron chi connectivity index (χ0n) is 10.2. The predicted octanol–water partition coefficient (Wildman–Crippen LogP) is 4.40. The van der Waals surface area contributed by atoms with E-state index in [1.54, 1.807) is 25.2 Å². The maximum absolute atomic E-state index is 12.3. The number of carbonyl (C=O) groups excluding carboxylic acids is 1. The predicted molar refractivity (Wildman–Crippen MR) is 83.1 cm³/mol. The smallest absolute Gasteiger partial charge is 0.257 e. The minimum absolute atomic E-state index is 0.209. The highest BCUT2D eigenvalue weighted by atomic mass is 79.9. The average Bonchev–Trinajstić information content (AvgIpc) is 2.41. The van der Waals surface area contributed by atoms with Crippen LogP contribution in [0.3, 0.4) is 0 Å². The Morgan fingerprint density at radius 1 is 1.16 bits per heavy atom. The molecule has 0 atom stereocenters. The molecule has 0 bridgehead atoms. The summed E-state index contributed by atoms with van der Waals surface area (Å²) in [4.78, 5) is 12.3. The zero-order chi connectivity index (χ0) is 13.8. The van der Waals surface area contributed by atoms with Gasteiger partial charge >= 0.3 is 0 Å². The second-order valence-corrected chi connectivity index (χ2v) is 5.16. The number of nitrogens with one attached hydrogen (secondary N) is 2. The Hall–Kier alpha value is -1.52. The van der Waals surface area contributed by atoms with Crippen molar-refractivity contribution in [1.82, 2.24) is 0 Å². The molecule has 3 nitrogen and oxygen atoms in total. The van der Waals surface area contributed by atoms with Gasteiger partial charge < -0.3 is 10.6 Å². The quantitative estimate of drug-likeness (QED) is 0.870. The highest BCUT2D eigenvalue weighted by Crippen LogP contribution is 2.25. The van der Waals surface area contributed by atoms with Crippen molar-refractivity contribution in [3.05, 3.63) is 57.5 Å². The molecule has 0 radical (unpaired) electrons. The Bertz CT molecular complexity index is 616. The van der Waals surface area contributed by atoms with Crippen molar-refractivity contribution in [2.24, 2.45) is 0 Å². The Morgan fingerprint density at radius 3 is 2.58 bits per heavy atom. The third-order valence-electron chi connectivity index (χ3n) is 2.62. The summed E-state index contributed by atoms with van der Waals surface area (Å²) in [5.41, 5.74) is 1.95. The van der Waals surface area contributed by atoms with Crippen molar-refractivity contribution in [1.29, 1.82) is 0 Å². The number of para-hydroxylation sites is 1. The van der Waals surface area contributed by atoms with E-state index in [1.165, 1.54) is 0 Å². The van der Waals surface area contributed by atoms with Crippen LogP contribution in [0.15, 0.2) is 46.9 Å². The van der Waals surface area contributed by atoms with Crippen molar-refractivity contribution in [2.45, 2.75) is 0 Å². The van der Waals surface area contributed by atoms with Crippen molar-refractivity contribution in [3.63, 3.8) is 0 Å². The standard InChI is InChI=1S/C14H12BrClN2O/c1-17-12-7-6-9(16)8-10(12)14(19)18-13-5-3-2-4-11(13)15/h2-8,17H,1H3,(H,18,19). The van der Waals surface area contributed by atoms with Gasteiger partial charge in [0.2, 0.25) is 0 Å². The van der Waals surface area contributed by atoms with E-state index in [1.807, 2.05) is 24.3 Å². The molecule has 0 aliphatic rings. The number of benzene rings is 2. The van der Waals surface area contributed by atoms with Gasteiger partial charge in [0.05, 0.1) is 11.3 Å². The Balaban J connectivity index is 2.30. The van der Waals surface area contributed by atoms with E-state index < -0.39 is 0 Å². The van der Waals surface area contributed by atoms with Gasteiger partial charge in [0.15, 0.2) is 0 Å². The summed E-state index contributed by atoms with van der Waals surface area (Å²) in [5, 5.41) is 6.34. The van der Waals surface area contributed by atoms with Crippen LogP contribution < -0.4 is 10.6 Å². The average molecular weight is 340 g/mol. The molecule has 19 heavy (non-hydrogen) atoms. The zero-order valence-corrected chi connectivity index (χ0v) is 12.5. The van der Waals surface area contributed by atoms with Gasteiger partial charge in [0.25, 0.3) is 5.91 Å². The largest absolute Gasteiger partial charge is 0.387 e. The van der Waals surface area contributed by atoms with Crippen LogP contribution in [0.4, 0.5) is 11.4 Å². The van der Waals surface area contributed by atoms with Crippen LogP contribution in [0.2, 0.25) is 5.02 Å². The lowest BCUT2D eigenvalue weighted by Crippen LogP contribution is -2.14. The van der Waals surface area contributed by atoms with Crippen LogP contribution in [0.1, 0.15) is 10.4 Å². The molecule has 2 N–H and O–H groups in total. The van der Waals surface area contributed by atoms with Gasteiger partial charge in [0, 0.05) is 22.2 Å². The van der Waals surface area contributed by atoms with Gasteiger partial charge in [-0.1, -0.05) is 23.7 Å². The van der Waals surface area contributed by atoms with E-state index in [-0.39, 0.29) is 5.91 Å². The minimum Gasteiger partial charge on any atom is -0.387 e. The highest BCUT2D eigenvalue weighted by molar-refractivity contribution is 9.10. The van der Waals surface area contributed by atoms with Gasteiger partial charge in [0.1, 0.15) is 0 Å². The fourth-order valence-corrected chi connectivity index (χ4v) is 2.23. The molecule has 0 unspecified atom stereocenters. The summed E-state index contributed by atoms with van der Waals surface area (Å²) in [5.74, 6) is -0.209. The van der Waals surface area contributed by atoms with E-state index in [0.717, 1.165) is 15.8 Å².